The first kappa shape index (κ1) is 14.2. The van der Waals surface area contributed by atoms with E-state index < -0.39 is 0 Å². The third kappa shape index (κ3) is 2.28. The van der Waals surface area contributed by atoms with Crippen molar-refractivity contribution >= 4 is 16.9 Å². The Morgan fingerprint density at radius 2 is 2.09 bits per heavy atom. The van der Waals surface area contributed by atoms with Crippen molar-refractivity contribution in [1.29, 1.82) is 0 Å². The second kappa shape index (κ2) is 5.34. The Balaban J connectivity index is 1.93. The average molecular weight is 312 g/mol. The molecule has 1 atom stereocenters. The molecule has 0 spiro atoms. The van der Waals surface area contributed by atoms with Crippen LogP contribution in [-0.4, -0.2) is 50.3 Å². The standard InChI is InChI=1S/C16H20N6O/c1-11-10-23-7-6-22(11)15-8-12(14-4-5-17-20(14)2)16-13(19-15)9-18-21(16)3/h4-5,8-9,11H,6-7,10H2,1-3H3. The number of hydrogen-bond acceptors (Lipinski definition) is 5. The molecule has 4 heterocycles. The summed E-state index contributed by atoms with van der Waals surface area (Å²) in [5.41, 5.74) is 4.09. The Morgan fingerprint density at radius 1 is 1.22 bits per heavy atom. The highest BCUT2D eigenvalue weighted by Crippen LogP contribution is 2.31. The average Bonchev–Trinajstić information content (AvgIpc) is 3.13. The van der Waals surface area contributed by atoms with Crippen molar-refractivity contribution in [3.05, 3.63) is 24.5 Å². The van der Waals surface area contributed by atoms with Gasteiger partial charge in [-0.2, -0.15) is 10.2 Å². The van der Waals surface area contributed by atoms with Gasteiger partial charge in [-0.15, -0.1) is 0 Å². The molecule has 120 valence electrons. The van der Waals surface area contributed by atoms with E-state index in [0.29, 0.717) is 6.04 Å². The molecule has 1 aliphatic rings. The zero-order chi connectivity index (χ0) is 16.0. The van der Waals surface area contributed by atoms with E-state index >= 15 is 0 Å². The second-order valence-corrected chi connectivity index (χ2v) is 5.99. The molecule has 0 saturated carbocycles. The fourth-order valence-corrected chi connectivity index (χ4v) is 3.22. The van der Waals surface area contributed by atoms with Gasteiger partial charge in [0.1, 0.15) is 11.3 Å². The van der Waals surface area contributed by atoms with E-state index in [4.69, 9.17) is 9.72 Å². The van der Waals surface area contributed by atoms with E-state index in [-0.39, 0.29) is 0 Å². The molecule has 0 radical (unpaired) electrons. The molecular weight excluding hydrogens is 292 g/mol. The van der Waals surface area contributed by atoms with Crippen LogP contribution in [0.5, 0.6) is 0 Å². The van der Waals surface area contributed by atoms with Crippen molar-refractivity contribution in [2.24, 2.45) is 14.1 Å². The Bertz CT molecular complexity index is 851. The lowest BCUT2D eigenvalue weighted by Crippen LogP contribution is -2.44. The molecule has 4 rings (SSSR count). The first-order chi connectivity index (χ1) is 11.1. The summed E-state index contributed by atoms with van der Waals surface area (Å²) in [7, 11) is 3.90. The molecule has 23 heavy (non-hydrogen) atoms. The van der Waals surface area contributed by atoms with E-state index in [1.54, 1.807) is 0 Å². The third-order valence-corrected chi connectivity index (χ3v) is 4.44. The normalized spacial score (nSPS) is 18.7. The lowest BCUT2D eigenvalue weighted by Gasteiger charge is -2.34. The largest absolute Gasteiger partial charge is 0.377 e. The van der Waals surface area contributed by atoms with Gasteiger partial charge in [0.15, 0.2) is 0 Å². The van der Waals surface area contributed by atoms with Crippen molar-refractivity contribution < 1.29 is 4.74 Å². The van der Waals surface area contributed by atoms with Gasteiger partial charge in [0.25, 0.3) is 0 Å². The first-order valence-corrected chi connectivity index (χ1v) is 7.80. The number of ether oxygens (including phenoxy) is 1. The summed E-state index contributed by atoms with van der Waals surface area (Å²) in [5, 5.41) is 8.69. The summed E-state index contributed by atoms with van der Waals surface area (Å²) >= 11 is 0. The Morgan fingerprint density at radius 3 is 2.83 bits per heavy atom. The van der Waals surface area contributed by atoms with Crippen LogP contribution in [0.3, 0.4) is 0 Å². The van der Waals surface area contributed by atoms with Gasteiger partial charge < -0.3 is 9.64 Å². The summed E-state index contributed by atoms with van der Waals surface area (Å²) in [6.45, 7) is 4.48. The SMILES string of the molecule is CC1COCCN1c1cc(-c2ccnn2C)c2c(cnn2C)n1. The zero-order valence-electron chi connectivity index (χ0n) is 13.6. The van der Waals surface area contributed by atoms with Crippen LogP contribution < -0.4 is 4.90 Å². The highest BCUT2D eigenvalue weighted by Gasteiger charge is 2.23. The molecule has 3 aromatic heterocycles. The van der Waals surface area contributed by atoms with E-state index in [9.17, 15) is 0 Å². The van der Waals surface area contributed by atoms with E-state index in [2.05, 4.69) is 28.1 Å². The molecule has 0 bridgehead atoms. The number of aryl methyl sites for hydroxylation is 2. The quantitative estimate of drug-likeness (QED) is 0.719. The summed E-state index contributed by atoms with van der Waals surface area (Å²) in [6, 6.07) is 4.47. The summed E-state index contributed by atoms with van der Waals surface area (Å²) < 4.78 is 9.30. The summed E-state index contributed by atoms with van der Waals surface area (Å²) in [5.74, 6) is 0.970. The summed E-state index contributed by atoms with van der Waals surface area (Å²) in [6.07, 6.45) is 3.64. The van der Waals surface area contributed by atoms with Crippen molar-refractivity contribution in [3.63, 3.8) is 0 Å². The molecule has 1 unspecified atom stereocenters. The molecule has 1 saturated heterocycles. The highest BCUT2D eigenvalue weighted by molar-refractivity contribution is 5.92. The molecule has 1 aliphatic heterocycles. The topological polar surface area (TPSA) is 61.0 Å². The first-order valence-electron chi connectivity index (χ1n) is 7.80. The molecule has 0 aromatic carbocycles. The van der Waals surface area contributed by atoms with Gasteiger partial charge in [-0.3, -0.25) is 9.36 Å². The lowest BCUT2D eigenvalue weighted by atomic mass is 10.1. The Labute approximate surface area is 134 Å². The molecule has 3 aromatic rings. The zero-order valence-corrected chi connectivity index (χ0v) is 13.6. The monoisotopic (exact) mass is 312 g/mol. The molecule has 0 aliphatic carbocycles. The highest BCUT2D eigenvalue weighted by atomic mass is 16.5. The summed E-state index contributed by atoms with van der Waals surface area (Å²) in [4.78, 5) is 7.13. The van der Waals surface area contributed by atoms with Gasteiger partial charge in [-0.25, -0.2) is 4.98 Å². The smallest absolute Gasteiger partial charge is 0.130 e. The maximum absolute atomic E-state index is 5.55. The van der Waals surface area contributed by atoms with Gasteiger partial charge in [0.05, 0.1) is 36.7 Å². The maximum atomic E-state index is 5.55. The molecule has 1 fully saturated rings. The molecule has 7 heteroatoms. The number of rotatable bonds is 2. The van der Waals surface area contributed by atoms with Gasteiger partial charge in [0, 0.05) is 32.4 Å². The van der Waals surface area contributed by atoms with Crippen LogP contribution in [0.1, 0.15) is 6.92 Å². The van der Waals surface area contributed by atoms with E-state index in [0.717, 1.165) is 47.9 Å². The Hall–Kier alpha value is -2.41. The number of pyridine rings is 1. The van der Waals surface area contributed by atoms with Crippen LogP contribution in [0.2, 0.25) is 0 Å². The third-order valence-electron chi connectivity index (χ3n) is 4.44. The molecule has 7 nitrogen and oxygen atoms in total. The fourth-order valence-electron chi connectivity index (χ4n) is 3.22. The van der Waals surface area contributed by atoms with Gasteiger partial charge in [-0.1, -0.05) is 0 Å². The fraction of sp³-hybridized carbons (Fsp3) is 0.438. The second-order valence-electron chi connectivity index (χ2n) is 5.99. The number of nitrogens with zero attached hydrogens (tertiary/aromatic N) is 6. The molecule has 0 N–H and O–H groups in total. The number of aromatic nitrogens is 5. The van der Waals surface area contributed by atoms with Crippen LogP contribution >= 0.6 is 0 Å². The number of hydrogen-bond donors (Lipinski definition) is 0. The predicted octanol–water partition coefficient (Wildman–Crippen LogP) is 1.59. The minimum absolute atomic E-state index is 0.310. The Kier molecular flexibility index (Phi) is 3.30. The van der Waals surface area contributed by atoms with E-state index in [1.807, 2.05) is 41.9 Å². The van der Waals surface area contributed by atoms with Crippen LogP contribution in [-0.2, 0) is 18.8 Å². The van der Waals surface area contributed by atoms with Crippen molar-refractivity contribution in [2.75, 3.05) is 24.7 Å². The minimum atomic E-state index is 0.310. The predicted molar refractivity (Wildman–Crippen MR) is 88.3 cm³/mol. The molecular formula is C16H20N6O. The lowest BCUT2D eigenvalue weighted by molar-refractivity contribution is 0.0986. The van der Waals surface area contributed by atoms with Gasteiger partial charge >= 0.3 is 0 Å². The van der Waals surface area contributed by atoms with Crippen molar-refractivity contribution in [1.82, 2.24) is 24.5 Å². The van der Waals surface area contributed by atoms with Crippen molar-refractivity contribution in [2.45, 2.75) is 13.0 Å². The van der Waals surface area contributed by atoms with E-state index in [1.165, 1.54) is 0 Å². The van der Waals surface area contributed by atoms with Crippen LogP contribution in [0.4, 0.5) is 5.82 Å². The van der Waals surface area contributed by atoms with Gasteiger partial charge in [0.2, 0.25) is 0 Å². The number of morpholine rings is 1. The van der Waals surface area contributed by atoms with Gasteiger partial charge in [-0.05, 0) is 19.1 Å². The van der Waals surface area contributed by atoms with Crippen LogP contribution in [0.15, 0.2) is 24.5 Å². The molecule has 0 amide bonds. The maximum Gasteiger partial charge on any atom is 0.130 e. The van der Waals surface area contributed by atoms with Crippen LogP contribution in [0, 0.1) is 0 Å². The van der Waals surface area contributed by atoms with Crippen molar-refractivity contribution in [3.8, 4) is 11.3 Å². The minimum Gasteiger partial charge on any atom is -0.377 e. The number of fused-ring (bicyclic) bond motifs is 1. The number of anilines is 1. The van der Waals surface area contributed by atoms with Crippen LogP contribution in [0.25, 0.3) is 22.3 Å².